The third-order valence-corrected chi connectivity index (χ3v) is 3.14. The van der Waals surface area contributed by atoms with Crippen LogP contribution in [0.15, 0.2) is 42.5 Å². The molecule has 0 aliphatic carbocycles. The molecule has 0 bridgehead atoms. The van der Waals surface area contributed by atoms with Crippen molar-refractivity contribution in [3.05, 3.63) is 58.1 Å². The van der Waals surface area contributed by atoms with Crippen molar-refractivity contribution in [2.45, 2.75) is 6.42 Å². The summed E-state index contributed by atoms with van der Waals surface area (Å²) in [4.78, 5) is 10.6. The van der Waals surface area contributed by atoms with Gasteiger partial charge in [-0.2, -0.15) is 0 Å². The molecule has 2 aromatic rings. The first-order valence-corrected chi connectivity index (χ1v) is 6.31. The number of benzene rings is 2. The van der Waals surface area contributed by atoms with E-state index in [1.54, 1.807) is 42.5 Å². The van der Waals surface area contributed by atoms with E-state index in [0.29, 0.717) is 27.0 Å². The van der Waals surface area contributed by atoms with E-state index in [-0.39, 0.29) is 6.42 Å². The fourth-order valence-electron chi connectivity index (χ4n) is 1.69. The number of nitrogens with one attached hydrogen (secondary N) is 1. The van der Waals surface area contributed by atoms with Gasteiger partial charge in [-0.15, -0.1) is 0 Å². The lowest BCUT2D eigenvalue weighted by Crippen LogP contribution is -2.24. The van der Waals surface area contributed by atoms with Gasteiger partial charge < -0.3 is 15.2 Å². The van der Waals surface area contributed by atoms with Gasteiger partial charge in [-0.1, -0.05) is 41.4 Å². The highest BCUT2D eigenvalue weighted by molar-refractivity contribution is 6.39. The third-order valence-electron chi connectivity index (χ3n) is 2.51. The molecule has 0 saturated carbocycles. The summed E-state index contributed by atoms with van der Waals surface area (Å²) in [5.74, 6) is -1.12. The number of halogens is 2. The van der Waals surface area contributed by atoms with Crippen molar-refractivity contribution < 1.29 is 9.90 Å². The number of aliphatic carboxylic acids is 1. The molecule has 0 heterocycles. The van der Waals surface area contributed by atoms with Gasteiger partial charge in [0.2, 0.25) is 0 Å². The van der Waals surface area contributed by atoms with E-state index in [9.17, 15) is 9.90 Å². The van der Waals surface area contributed by atoms with E-state index in [2.05, 4.69) is 5.32 Å². The second-order valence-electron chi connectivity index (χ2n) is 3.97. The van der Waals surface area contributed by atoms with E-state index in [4.69, 9.17) is 23.2 Å². The molecule has 0 aliphatic heterocycles. The molecule has 2 rings (SSSR count). The van der Waals surface area contributed by atoms with Crippen molar-refractivity contribution >= 4 is 40.5 Å². The highest BCUT2D eigenvalue weighted by Gasteiger charge is 2.05. The zero-order valence-electron chi connectivity index (χ0n) is 9.82. The van der Waals surface area contributed by atoms with Gasteiger partial charge >= 0.3 is 0 Å². The molecular weight excluding hydrogens is 285 g/mol. The summed E-state index contributed by atoms with van der Waals surface area (Å²) in [5, 5.41) is 14.6. The minimum Gasteiger partial charge on any atom is -0.550 e. The Labute approximate surface area is 120 Å². The Balaban J connectivity index is 2.26. The Hall–Kier alpha value is -1.71. The number of rotatable bonds is 4. The van der Waals surface area contributed by atoms with E-state index in [0.717, 1.165) is 0 Å². The van der Waals surface area contributed by atoms with Gasteiger partial charge in [0.05, 0.1) is 15.7 Å². The number of hydrogen-bond donors (Lipinski definition) is 1. The molecular formula is C14H10Cl2NO2-. The standard InChI is InChI=1S/C14H11Cl2NO2/c15-11-5-2-6-12(16)14(11)17-10-4-1-3-9(7-10)8-13(18)19/h1-7,17H,8H2,(H,18,19)/p-1. The summed E-state index contributed by atoms with van der Waals surface area (Å²) in [7, 11) is 0. The number of carboxylic acids is 1. The fourth-order valence-corrected chi connectivity index (χ4v) is 2.18. The Morgan fingerprint density at radius 1 is 1.11 bits per heavy atom. The normalized spacial score (nSPS) is 10.2. The van der Waals surface area contributed by atoms with Gasteiger partial charge in [-0.05, 0) is 29.8 Å². The second-order valence-corrected chi connectivity index (χ2v) is 4.79. The highest BCUT2D eigenvalue weighted by Crippen LogP contribution is 2.32. The second kappa shape index (κ2) is 5.95. The van der Waals surface area contributed by atoms with Gasteiger partial charge in [0.15, 0.2) is 0 Å². The zero-order chi connectivity index (χ0) is 13.8. The van der Waals surface area contributed by atoms with Crippen LogP contribution in [0.5, 0.6) is 0 Å². The molecule has 0 atom stereocenters. The predicted octanol–water partition coefficient (Wildman–Crippen LogP) is 3.03. The summed E-state index contributed by atoms with van der Waals surface area (Å²) in [6.07, 6.45) is -0.133. The van der Waals surface area contributed by atoms with Gasteiger partial charge in [-0.3, -0.25) is 0 Å². The van der Waals surface area contributed by atoms with Crippen LogP contribution in [0.4, 0.5) is 11.4 Å². The van der Waals surface area contributed by atoms with Crippen LogP contribution in [-0.4, -0.2) is 5.97 Å². The summed E-state index contributed by atoms with van der Waals surface area (Å²) in [5.41, 5.74) is 1.96. The van der Waals surface area contributed by atoms with Gasteiger partial charge in [0.25, 0.3) is 0 Å². The summed E-state index contributed by atoms with van der Waals surface area (Å²) >= 11 is 12.1. The lowest BCUT2D eigenvalue weighted by Gasteiger charge is -2.11. The van der Waals surface area contributed by atoms with Crippen LogP contribution in [0.2, 0.25) is 10.0 Å². The first-order chi connectivity index (χ1) is 9.06. The van der Waals surface area contributed by atoms with Gasteiger partial charge in [0.1, 0.15) is 0 Å². The van der Waals surface area contributed by atoms with Crippen LogP contribution >= 0.6 is 23.2 Å². The number of para-hydroxylation sites is 1. The van der Waals surface area contributed by atoms with Crippen molar-refractivity contribution in [2.24, 2.45) is 0 Å². The van der Waals surface area contributed by atoms with Crippen LogP contribution in [0.3, 0.4) is 0 Å². The topological polar surface area (TPSA) is 52.2 Å². The average molecular weight is 295 g/mol. The van der Waals surface area contributed by atoms with E-state index < -0.39 is 5.97 Å². The molecule has 3 nitrogen and oxygen atoms in total. The number of hydrogen-bond acceptors (Lipinski definition) is 3. The number of carbonyl (C=O) groups is 1. The highest BCUT2D eigenvalue weighted by atomic mass is 35.5. The fraction of sp³-hybridized carbons (Fsp3) is 0.0714. The van der Waals surface area contributed by atoms with Crippen molar-refractivity contribution in [1.29, 1.82) is 0 Å². The molecule has 0 saturated heterocycles. The first-order valence-electron chi connectivity index (χ1n) is 5.56. The quantitative estimate of drug-likeness (QED) is 0.943. The van der Waals surface area contributed by atoms with Crippen LogP contribution < -0.4 is 10.4 Å². The van der Waals surface area contributed by atoms with Crippen molar-refractivity contribution in [3.8, 4) is 0 Å². The SMILES string of the molecule is O=C([O-])Cc1cccc(Nc2c(Cl)cccc2Cl)c1. The Morgan fingerprint density at radius 2 is 1.74 bits per heavy atom. The van der Waals surface area contributed by atoms with Crippen LogP contribution in [0, 0.1) is 0 Å². The summed E-state index contributed by atoms with van der Waals surface area (Å²) < 4.78 is 0. The van der Waals surface area contributed by atoms with E-state index in [1.165, 1.54) is 0 Å². The smallest absolute Gasteiger partial charge is 0.0762 e. The van der Waals surface area contributed by atoms with Gasteiger partial charge in [-0.25, -0.2) is 0 Å². The van der Waals surface area contributed by atoms with Crippen LogP contribution in [-0.2, 0) is 11.2 Å². The molecule has 5 heteroatoms. The molecule has 0 radical (unpaired) electrons. The maximum atomic E-state index is 10.6. The maximum Gasteiger partial charge on any atom is 0.0762 e. The monoisotopic (exact) mass is 294 g/mol. The number of carbonyl (C=O) groups excluding carboxylic acids is 1. The lowest BCUT2D eigenvalue weighted by molar-refractivity contribution is -0.304. The van der Waals surface area contributed by atoms with Crippen LogP contribution in [0.1, 0.15) is 5.56 Å². The molecule has 0 fully saturated rings. The molecule has 0 aromatic heterocycles. The molecule has 0 unspecified atom stereocenters. The average Bonchev–Trinajstić information content (AvgIpc) is 2.34. The Bertz CT molecular complexity index is 594. The lowest BCUT2D eigenvalue weighted by atomic mass is 10.1. The van der Waals surface area contributed by atoms with Crippen molar-refractivity contribution in [3.63, 3.8) is 0 Å². The largest absolute Gasteiger partial charge is 0.550 e. The number of carboxylic acid groups (broad SMARTS) is 1. The van der Waals surface area contributed by atoms with E-state index in [1.807, 2.05) is 0 Å². The van der Waals surface area contributed by atoms with Crippen LogP contribution in [0.25, 0.3) is 0 Å². The third kappa shape index (κ3) is 3.63. The summed E-state index contributed by atoms with van der Waals surface area (Å²) in [6, 6.07) is 12.2. The Kier molecular flexibility index (Phi) is 4.30. The number of anilines is 2. The molecule has 98 valence electrons. The Morgan fingerprint density at radius 3 is 2.37 bits per heavy atom. The predicted molar refractivity (Wildman–Crippen MR) is 74.9 cm³/mol. The molecule has 0 amide bonds. The van der Waals surface area contributed by atoms with Crippen molar-refractivity contribution in [1.82, 2.24) is 0 Å². The molecule has 0 spiro atoms. The van der Waals surface area contributed by atoms with Crippen molar-refractivity contribution in [2.75, 3.05) is 5.32 Å². The maximum absolute atomic E-state index is 10.6. The molecule has 1 N–H and O–H groups in total. The molecule has 19 heavy (non-hydrogen) atoms. The van der Waals surface area contributed by atoms with Gasteiger partial charge in [0, 0.05) is 18.1 Å². The molecule has 2 aromatic carbocycles. The summed E-state index contributed by atoms with van der Waals surface area (Å²) in [6.45, 7) is 0. The zero-order valence-corrected chi connectivity index (χ0v) is 11.3. The molecule has 0 aliphatic rings. The first kappa shape index (κ1) is 13.7. The minimum absolute atomic E-state index is 0.133. The minimum atomic E-state index is -1.12. The van der Waals surface area contributed by atoms with E-state index >= 15 is 0 Å².